The molecule has 1 fully saturated rings. The minimum absolute atomic E-state index is 0.181. The quantitative estimate of drug-likeness (QED) is 0.807. The minimum Gasteiger partial charge on any atom is -0.316 e. The molecule has 2 nitrogen and oxygen atoms in total. The van der Waals surface area contributed by atoms with Crippen LogP contribution in [-0.2, 0) is 6.42 Å². The highest BCUT2D eigenvalue weighted by Crippen LogP contribution is 2.17. The smallest absolute Gasteiger partial charge is 0.167 e. The fourth-order valence-corrected chi connectivity index (χ4v) is 2.53. The van der Waals surface area contributed by atoms with Gasteiger partial charge in [-0.25, -0.2) is 0 Å². The van der Waals surface area contributed by atoms with Gasteiger partial charge in [-0.3, -0.25) is 4.79 Å². The first-order chi connectivity index (χ1) is 8.81. The molecule has 1 heterocycles. The van der Waals surface area contributed by atoms with E-state index in [4.69, 9.17) is 0 Å². The fourth-order valence-electron chi connectivity index (χ4n) is 2.53. The van der Waals surface area contributed by atoms with Crippen molar-refractivity contribution in [2.24, 2.45) is 5.92 Å². The van der Waals surface area contributed by atoms with Gasteiger partial charge in [-0.2, -0.15) is 0 Å². The van der Waals surface area contributed by atoms with Crippen LogP contribution >= 0.6 is 0 Å². The molecule has 1 atom stereocenters. The summed E-state index contributed by atoms with van der Waals surface area (Å²) < 4.78 is 0. The van der Waals surface area contributed by atoms with Crippen LogP contribution < -0.4 is 5.32 Å². The second-order valence-electron chi connectivity index (χ2n) is 5.21. The van der Waals surface area contributed by atoms with Crippen molar-refractivity contribution in [2.45, 2.75) is 39.0 Å². The average molecular weight is 245 g/mol. The molecule has 0 radical (unpaired) electrons. The van der Waals surface area contributed by atoms with Crippen LogP contribution in [0.1, 0.15) is 48.5 Å². The van der Waals surface area contributed by atoms with E-state index in [1.165, 1.54) is 18.4 Å². The van der Waals surface area contributed by atoms with E-state index in [1.807, 2.05) is 12.1 Å². The molecule has 0 aromatic heterocycles. The van der Waals surface area contributed by atoms with Gasteiger partial charge < -0.3 is 5.32 Å². The van der Waals surface area contributed by atoms with Crippen molar-refractivity contribution in [3.63, 3.8) is 0 Å². The molecule has 1 aliphatic rings. The molecule has 1 aliphatic heterocycles. The summed E-state index contributed by atoms with van der Waals surface area (Å²) in [6.07, 6.45) is 5.71. The number of piperidine rings is 1. The number of carbonyl (C=O) groups is 1. The molecule has 0 amide bonds. The molecule has 1 aromatic carbocycles. The topological polar surface area (TPSA) is 29.1 Å². The molecule has 0 spiro atoms. The van der Waals surface area contributed by atoms with Crippen molar-refractivity contribution in [3.05, 3.63) is 35.4 Å². The molecule has 1 saturated heterocycles. The summed E-state index contributed by atoms with van der Waals surface area (Å²) in [5, 5.41) is 3.30. The molecule has 2 rings (SSSR count). The van der Waals surface area contributed by atoms with Crippen molar-refractivity contribution in [2.75, 3.05) is 13.1 Å². The van der Waals surface area contributed by atoms with E-state index in [2.05, 4.69) is 24.4 Å². The molecule has 2 heteroatoms. The summed E-state index contributed by atoms with van der Waals surface area (Å²) in [7, 11) is 0. The molecule has 1 aromatic rings. The average Bonchev–Trinajstić information content (AvgIpc) is 2.46. The number of hydrogen-bond acceptors (Lipinski definition) is 2. The highest BCUT2D eigenvalue weighted by Gasteiger charge is 2.21. The number of rotatable bonds is 5. The number of Topliss-reactive ketones (excluding diaryl/α,β-unsaturated/α-hetero) is 1. The predicted octanol–water partition coefficient (Wildman–Crippen LogP) is 3.21. The highest BCUT2D eigenvalue weighted by molar-refractivity contribution is 5.98. The Kier molecular flexibility index (Phi) is 4.94. The number of hydrogen-bond donors (Lipinski definition) is 1. The van der Waals surface area contributed by atoms with Crippen molar-refractivity contribution < 1.29 is 4.79 Å². The Morgan fingerprint density at radius 1 is 1.33 bits per heavy atom. The Hall–Kier alpha value is -1.15. The maximum Gasteiger partial charge on any atom is 0.167 e. The third-order valence-corrected chi connectivity index (χ3v) is 3.73. The molecule has 0 bridgehead atoms. The first-order valence-electron chi connectivity index (χ1n) is 7.15. The van der Waals surface area contributed by atoms with E-state index in [-0.39, 0.29) is 5.92 Å². The second-order valence-corrected chi connectivity index (χ2v) is 5.21. The van der Waals surface area contributed by atoms with Gasteiger partial charge in [0, 0.05) is 18.0 Å². The number of unbranched alkanes of at least 4 members (excludes halogenated alkanes) is 1. The van der Waals surface area contributed by atoms with Gasteiger partial charge in [-0.05, 0) is 37.8 Å². The van der Waals surface area contributed by atoms with Crippen LogP contribution in [0.15, 0.2) is 24.3 Å². The first kappa shape index (κ1) is 13.3. The van der Waals surface area contributed by atoms with Crippen LogP contribution in [0.3, 0.4) is 0 Å². The Morgan fingerprint density at radius 2 is 2.11 bits per heavy atom. The summed E-state index contributed by atoms with van der Waals surface area (Å²) >= 11 is 0. The third-order valence-electron chi connectivity index (χ3n) is 3.73. The Morgan fingerprint density at radius 3 is 2.72 bits per heavy atom. The second kappa shape index (κ2) is 6.69. The van der Waals surface area contributed by atoms with Gasteiger partial charge in [0.1, 0.15) is 0 Å². The van der Waals surface area contributed by atoms with Crippen molar-refractivity contribution in [1.29, 1.82) is 0 Å². The maximum absolute atomic E-state index is 12.3. The monoisotopic (exact) mass is 245 g/mol. The van der Waals surface area contributed by atoms with Crippen molar-refractivity contribution in [1.82, 2.24) is 5.32 Å². The zero-order valence-corrected chi connectivity index (χ0v) is 11.2. The zero-order chi connectivity index (χ0) is 12.8. The van der Waals surface area contributed by atoms with E-state index in [9.17, 15) is 4.79 Å². The maximum atomic E-state index is 12.3. The van der Waals surface area contributed by atoms with Crippen LogP contribution in [0.5, 0.6) is 0 Å². The molecule has 0 saturated carbocycles. The third kappa shape index (κ3) is 3.42. The molecule has 1 N–H and O–H groups in total. The van der Waals surface area contributed by atoms with E-state index in [0.717, 1.165) is 37.9 Å². The Labute approximate surface area is 110 Å². The van der Waals surface area contributed by atoms with E-state index in [1.54, 1.807) is 0 Å². The van der Waals surface area contributed by atoms with Crippen LogP contribution in [0.25, 0.3) is 0 Å². The van der Waals surface area contributed by atoms with Crippen LogP contribution in [0, 0.1) is 5.92 Å². The number of benzene rings is 1. The first-order valence-corrected chi connectivity index (χ1v) is 7.15. The lowest BCUT2D eigenvalue weighted by molar-refractivity contribution is 0.0899. The lowest BCUT2D eigenvalue weighted by atomic mass is 9.90. The van der Waals surface area contributed by atoms with E-state index < -0.39 is 0 Å². The van der Waals surface area contributed by atoms with Gasteiger partial charge in [-0.1, -0.05) is 37.6 Å². The van der Waals surface area contributed by atoms with E-state index in [0.29, 0.717) is 5.78 Å². The summed E-state index contributed by atoms with van der Waals surface area (Å²) in [4.78, 5) is 12.3. The Balaban J connectivity index is 1.97. The predicted molar refractivity (Wildman–Crippen MR) is 75.0 cm³/mol. The van der Waals surface area contributed by atoms with Crippen LogP contribution in [-0.4, -0.2) is 18.9 Å². The highest BCUT2D eigenvalue weighted by atomic mass is 16.1. The van der Waals surface area contributed by atoms with Gasteiger partial charge in [0.05, 0.1) is 0 Å². The Bertz CT molecular complexity index is 377. The molecule has 0 aliphatic carbocycles. The minimum atomic E-state index is 0.181. The lowest BCUT2D eigenvalue weighted by Gasteiger charge is -2.21. The normalized spacial score (nSPS) is 19.7. The number of carbonyl (C=O) groups excluding carboxylic acids is 1. The summed E-state index contributed by atoms with van der Waals surface area (Å²) in [6.45, 7) is 4.10. The van der Waals surface area contributed by atoms with Crippen molar-refractivity contribution >= 4 is 5.78 Å². The SMILES string of the molecule is CCCCc1ccc(C(=O)C2CCCNC2)cc1. The molecule has 18 heavy (non-hydrogen) atoms. The van der Waals surface area contributed by atoms with Gasteiger partial charge >= 0.3 is 0 Å². The van der Waals surface area contributed by atoms with Gasteiger partial charge in [0.2, 0.25) is 0 Å². The summed E-state index contributed by atoms with van der Waals surface area (Å²) in [5.41, 5.74) is 2.22. The number of nitrogens with one attached hydrogen (secondary N) is 1. The number of aryl methyl sites for hydroxylation is 1. The van der Waals surface area contributed by atoms with Crippen LogP contribution in [0.4, 0.5) is 0 Å². The van der Waals surface area contributed by atoms with Crippen LogP contribution in [0.2, 0.25) is 0 Å². The van der Waals surface area contributed by atoms with Gasteiger partial charge in [0.25, 0.3) is 0 Å². The molecule has 1 unspecified atom stereocenters. The largest absolute Gasteiger partial charge is 0.316 e. The molecular weight excluding hydrogens is 222 g/mol. The fraction of sp³-hybridized carbons (Fsp3) is 0.562. The summed E-state index contributed by atoms with van der Waals surface area (Å²) in [6, 6.07) is 8.22. The zero-order valence-electron chi connectivity index (χ0n) is 11.2. The van der Waals surface area contributed by atoms with Crippen molar-refractivity contribution in [3.8, 4) is 0 Å². The summed E-state index contributed by atoms with van der Waals surface area (Å²) in [5.74, 6) is 0.490. The molecule has 98 valence electrons. The lowest BCUT2D eigenvalue weighted by Crippen LogP contribution is -2.34. The standard InChI is InChI=1S/C16H23NO/c1-2-3-5-13-7-9-14(10-8-13)16(18)15-6-4-11-17-12-15/h7-10,15,17H,2-6,11-12H2,1H3. The van der Waals surface area contributed by atoms with Gasteiger partial charge in [-0.15, -0.1) is 0 Å². The number of ketones is 1. The molecular formula is C16H23NO. The van der Waals surface area contributed by atoms with E-state index >= 15 is 0 Å². The van der Waals surface area contributed by atoms with Gasteiger partial charge in [0.15, 0.2) is 5.78 Å².